The van der Waals surface area contributed by atoms with Crippen molar-refractivity contribution >= 4 is 0 Å². The number of fused-ring (bicyclic) bond motifs is 5. The first-order valence-corrected chi connectivity index (χ1v) is 27.0. The fourth-order valence-electron chi connectivity index (χ4n) is 13.1. The van der Waals surface area contributed by atoms with Gasteiger partial charge in [0.25, 0.3) is 0 Å². The van der Waals surface area contributed by atoms with Gasteiger partial charge in [-0.2, -0.15) is 0 Å². The minimum Gasteiger partial charge on any atom is -0.394 e. The van der Waals surface area contributed by atoms with Gasteiger partial charge in [0.2, 0.25) is 0 Å². The molecule has 4 fully saturated rings. The van der Waals surface area contributed by atoms with Gasteiger partial charge in [0.15, 0.2) is 6.29 Å². The van der Waals surface area contributed by atoms with Crippen LogP contribution < -0.4 is 0 Å². The second-order valence-corrected chi connectivity index (χ2v) is 23.1. The van der Waals surface area contributed by atoms with Crippen molar-refractivity contribution in [3.63, 3.8) is 0 Å². The second-order valence-electron chi connectivity index (χ2n) is 23.1. The molecule has 67 heavy (non-hydrogen) atoms. The summed E-state index contributed by atoms with van der Waals surface area (Å²) in [6.07, 6.45) is 32.4. The highest BCUT2D eigenvalue weighted by molar-refractivity contribution is 5.26. The molecule has 0 aromatic rings. The predicted molar refractivity (Wildman–Crippen MR) is 279 cm³/mol. The Morgan fingerprint density at radius 3 is 1.93 bits per heavy atom. The Bertz CT molecular complexity index is 1730. The van der Waals surface area contributed by atoms with E-state index in [4.69, 9.17) is 14.6 Å². The van der Waals surface area contributed by atoms with Gasteiger partial charge in [-0.05, 0) is 203 Å². The van der Waals surface area contributed by atoms with Crippen LogP contribution in [0.15, 0.2) is 82.0 Å². The third kappa shape index (κ3) is 15.9. The van der Waals surface area contributed by atoms with Crippen molar-refractivity contribution in [3.05, 3.63) is 82.0 Å². The molecule has 3 saturated carbocycles. The molecule has 1 saturated heterocycles. The Morgan fingerprint density at radius 2 is 1.33 bits per heavy atom. The number of hydrogen-bond acceptors (Lipinski definition) is 7. The first-order chi connectivity index (χ1) is 31.8. The summed E-state index contributed by atoms with van der Waals surface area (Å²) in [4.78, 5) is 0. The van der Waals surface area contributed by atoms with E-state index in [1.807, 2.05) is 6.08 Å². The molecule has 5 N–H and O–H groups in total. The lowest BCUT2D eigenvalue weighted by Crippen LogP contribution is -2.60. The topological polar surface area (TPSA) is 120 Å². The van der Waals surface area contributed by atoms with Gasteiger partial charge in [0.05, 0.1) is 19.3 Å². The van der Waals surface area contributed by atoms with Crippen molar-refractivity contribution in [1.82, 2.24) is 0 Å². The van der Waals surface area contributed by atoms with E-state index >= 15 is 0 Å². The molecule has 4 aliphatic carbocycles. The number of ether oxygens (including phenoxy) is 2. The van der Waals surface area contributed by atoms with Gasteiger partial charge in [-0.25, -0.2) is 0 Å². The molecule has 7 nitrogen and oxygen atoms in total. The van der Waals surface area contributed by atoms with E-state index in [0.717, 1.165) is 75.5 Å². The minimum atomic E-state index is -1.40. The zero-order chi connectivity index (χ0) is 49.5. The second kappa shape index (κ2) is 27.5. The average molecular weight is 933 g/mol. The number of aliphatic hydroxyl groups excluding tert-OH is 5. The highest BCUT2D eigenvalue weighted by atomic mass is 16.7. The number of rotatable bonds is 21. The molecule has 0 aromatic carbocycles. The summed E-state index contributed by atoms with van der Waals surface area (Å²) in [7, 11) is 0. The normalized spacial score (nSPS) is 34.7. The standard InChI is InChI=1S/C35H58O6.C25H42O/c1-7-22(20(2)3)9-8-21(4)26-12-13-27-25-11-10-23-18-24(14-16-34(23,5)28(25)15-17-35(26,27)6)40-33-32(39)31(38)30(37)29(19-36)41-33;1-21(2)11-9-14-23(4)16-10-15-22(3)12-7-8-13-24(5)17-18-25(6)19-20-26/h8-10,20-22,24-33,36-39H,7,11-19H2,1-6H3;11-13,16,19,26H,7-10,14-15,17-18,20H2,1-6H3/b9-8+;22-12+,23-16+,24-13-,25-19-/t21-,22-,24?,25?,26-,27?,28?,29-,30-,31+,32-,33-,34+,35-;/m1./s1. The number of aliphatic hydroxyl groups is 5. The molecule has 382 valence electrons. The number of unbranched alkanes of at least 4 members (excludes halogenated alkanes) is 1. The van der Waals surface area contributed by atoms with E-state index in [1.54, 1.807) is 0 Å². The van der Waals surface area contributed by atoms with Gasteiger partial charge < -0.3 is 35.0 Å². The zero-order valence-electron chi connectivity index (χ0n) is 44.6. The summed E-state index contributed by atoms with van der Waals surface area (Å²) in [5.74, 6) is 5.05. The molecule has 0 amide bonds. The maximum atomic E-state index is 10.5. The van der Waals surface area contributed by atoms with Gasteiger partial charge in [-0.1, -0.05) is 124 Å². The van der Waals surface area contributed by atoms with E-state index in [1.165, 1.54) is 84.8 Å². The fourth-order valence-corrected chi connectivity index (χ4v) is 13.1. The lowest BCUT2D eigenvalue weighted by molar-refractivity contribution is -0.313. The van der Waals surface area contributed by atoms with Gasteiger partial charge in [0.1, 0.15) is 24.4 Å². The molecule has 0 aromatic heterocycles. The molecule has 5 rings (SSSR count). The SMILES string of the molecule is CC(C)=CCC/C(C)=C/CC/C(C)=C/CC/C=C(/C)CC/C(C)=C\CO.CC[C@H](/C=C/[C@@H](C)[C@H]1CCC2C3CC=C4CC(O[C@@H]5O[C@H](CO)[C@@H](O)[C@H](O)[C@H]5O)CC[C@]4(C)C3CC[C@@]21C)C(C)C. The summed E-state index contributed by atoms with van der Waals surface area (Å²) in [5, 5.41) is 49.3. The van der Waals surface area contributed by atoms with E-state index in [9.17, 15) is 20.4 Å². The van der Waals surface area contributed by atoms with Crippen LogP contribution in [0, 0.1) is 52.3 Å². The molecule has 14 atom stereocenters. The molecule has 1 heterocycles. The Morgan fingerprint density at radius 1 is 0.716 bits per heavy atom. The van der Waals surface area contributed by atoms with Crippen LogP contribution in [0.4, 0.5) is 0 Å². The van der Waals surface area contributed by atoms with Crippen molar-refractivity contribution in [2.45, 2.75) is 229 Å². The average Bonchev–Trinajstić information content (AvgIpc) is 3.65. The highest BCUT2D eigenvalue weighted by Crippen LogP contribution is 2.67. The van der Waals surface area contributed by atoms with Crippen molar-refractivity contribution in [2.24, 2.45) is 52.3 Å². The molecule has 0 bridgehead atoms. The van der Waals surface area contributed by atoms with Gasteiger partial charge in [0, 0.05) is 0 Å². The van der Waals surface area contributed by atoms with Crippen molar-refractivity contribution in [2.75, 3.05) is 13.2 Å². The minimum absolute atomic E-state index is 0.109. The molecule has 0 spiro atoms. The summed E-state index contributed by atoms with van der Waals surface area (Å²) in [6, 6.07) is 0. The first kappa shape index (κ1) is 57.5. The van der Waals surface area contributed by atoms with Gasteiger partial charge >= 0.3 is 0 Å². The van der Waals surface area contributed by atoms with Crippen LogP contribution in [0.3, 0.4) is 0 Å². The Balaban J connectivity index is 0.000000328. The summed E-state index contributed by atoms with van der Waals surface area (Å²) in [6.45, 7) is 27.5. The van der Waals surface area contributed by atoms with Crippen LogP contribution in [0.5, 0.6) is 0 Å². The summed E-state index contributed by atoms with van der Waals surface area (Å²) >= 11 is 0. The summed E-state index contributed by atoms with van der Waals surface area (Å²) < 4.78 is 11.9. The van der Waals surface area contributed by atoms with Crippen LogP contribution >= 0.6 is 0 Å². The van der Waals surface area contributed by atoms with Gasteiger partial charge in [-0.15, -0.1) is 0 Å². The van der Waals surface area contributed by atoms with Gasteiger partial charge in [-0.3, -0.25) is 0 Å². The van der Waals surface area contributed by atoms with Crippen LogP contribution in [-0.2, 0) is 9.47 Å². The van der Waals surface area contributed by atoms with Crippen LogP contribution in [0.2, 0.25) is 0 Å². The maximum Gasteiger partial charge on any atom is 0.186 e. The molecule has 1 aliphatic heterocycles. The first-order valence-electron chi connectivity index (χ1n) is 27.0. The largest absolute Gasteiger partial charge is 0.394 e. The summed E-state index contributed by atoms with van der Waals surface area (Å²) in [5.41, 5.74) is 9.28. The van der Waals surface area contributed by atoms with Crippen LogP contribution in [-0.4, -0.2) is 75.6 Å². The third-order valence-electron chi connectivity index (χ3n) is 17.6. The zero-order valence-corrected chi connectivity index (χ0v) is 44.6. The Labute approximate surface area is 410 Å². The Hall–Kier alpha value is -2.10. The van der Waals surface area contributed by atoms with Crippen molar-refractivity contribution < 1.29 is 35.0 Å². The molecular weight excluding hydrogens is 833 g/mol. The van der Waals surface area contributed by atoms with Crippen LogP contribution in [0.25, 0.3) is 0 Å². The Kier molecular flexibility index (Phi) is 23.6. The van der Waals surface area contributed by atoms with E-state index < -0.39 is 37.3 Å². The van der Waals surface area contributed by atoms with Crippen molar-refractivity contribution in [1.29, 1.82) is 0 Å². The third-order valence-corrected chi connectivity index (χ3v) is 17.6. The van der Waals surface area contributed by atoms with Crippen molar-refractivity contribution in [3.8, 4) is 0 Å². The molecule has 7 heteroatoms. The van der Waals surface area contributed by atoms with Crippen LogP contribution in [0.1, 0.15) is 192 Å². The fraction of sp³-hybridized carbons (Fsp3) is 0.767. The molecule has 0 radical (unpaired) electrons. The molecular formula is C60H100O7. The smallest absolute Gasteiger partial charge is 0.186 e. The predicted octanol–water partition coefficient (Wildman–Crippen LogP) is 13.5. The molecule has 4 unspecified atom stereocenters. The number of hydrogen-bond donors (Lipinski definition) is 5. The lowest BCUT2D eigenvalue weighted by atomic mass is 9.47. The highest BCUT2D eigenvalue weighted by Gasteiger charge is 2.59. The maximum absolute atomic E-state index is 10.5. The lowest BCUT2D eigenvalue weighted by Gasteiger charge is -2.58. The van der Waals surface area contributed by atoms with E-state index in [2.05, 4.69) is 126 Å². The number of allylic oxidation sites excluding steroid dienone is 12. The monoisotopic (exact) mass is 933 g/mol. The quantitative estimate of drug-likeness (QED) is 0.0574. The van der Waals surface area contributed by atoms with E-state index in [0.29, 0.717) is 29.1 Å². The van der Waals surface area contributed by atoms with E-state index in [-0.39, 0.29) is 18.1 Å². The molecule has 5 aliphatic rings.